The highest BCUT2D eigenvalue weighted by atomic mass is 19.1. The van der Waals surface area contributed by atoms with E-state index in [1.54, 1.807) is 48.1 Å². The van der Waals surface area contributed by atoms with Crippen LogP contribution in [0.2, 0.25) is 0 Å². The summed E-state index contributed by atoms with van der Waals surface area (Å²) >= 11 is 0. The number of hydrogen-bond acceptors (Lipinski definition) is 13. The van der Waals surface area contributed by atoms with Crippen LogP contribution in [0, 0.1) is 5.82 Å². The summed E-state index contributed by atoms with van der Waals surface area (Å²) < 4.78 is 22.4. The Hall–Kier alpha value is -7.02. The number of amides is 9. The molecule has 2 aliphatic rings. The predicted molar refractivity (Wildman–Crippen MR) is 238 cm³/mol. The Balaban J connectivity index is 1.54. The zero-order valence-electron chi connectivity index (χ0n) is 38.0. The van der Waals surface area contributed by atoms with Crippen molar-refractivity contribution in [2.24, 2.45) is 18.5 Å². The molecule has 2 aliphatic heterocycles. The Morgan fingerprint density at radius 1 is 0.985 bits per heavy atom. The lowest BCUT2D eigenvalue weighted by Gasteiger charge is -2.32. The monoisotopic (exact) mass is 951 g/mol. The number of hydrogen-bond donors (Lipinski definition) is 10. The van der Waals surface area contributed by atoms with Gasteiger partial charge in [0.25, 0.3) is 5.91 Å². The SMILES string of the molecule is CONC(=O)[C@@H](NC(=O)[C@@H]1[C@@H]2CCN1C(=O)[C@H](Cc1cn(C)c3ccc(F)cc13)NC(=O)[C@@H](NC(=O)[C@@H](CN)NC(=O)[C@H](C)NC(=O)CCC(N)=O)Cc1cccc(c1)CNC(=O)CO2)[C@@H](C)O. The van der Waals surface area contributed by atoms with Crippen LogP contribution in [0.25, 0.3) is 10.9 Å². The minimum absolute atomic E-state index is 0.00343. The van der Waals surface area contributed by atoms with E-state index >= 15 is 4.79 Å². The molecule has 23 nitrogen and oxygen atoms in total. The molecule has 0 unspecified atom stereocenters. The number of ether oxygens (including phenoxy) is 1. The van der Waals surface area contributed by atoms with Gasteiger partial charge in [-0.05, 0) is 55.2 Å². The second-order valence-corrected chi connectivity index (χ2v) is 16.6. The molecule has 0 radical (unpaired) electrons. The standard InChI is InChI=1S/C44H58FN11O12/c1-22(49-35(59)11-10-34(47)58)39(61)52-31(18-46)41(63)50-29-15-24-6-5-7-25(14-24)19-48-36(60)21-68-33-12-13-56(38(33)43(65)53-37(23(2)57)42(64)54-67-4)44(66)30(51-40(29)62)16-26-20-55(3)32-9-8-27(45)17-28(26)32/h5-9,14,17,20,22-23,29-31,33,37-38,57H,10-13,15-16,18-19,21,46H2,1-4H3,(H2,47,58)(H,48,60)(H,49,59)(H,50,63)(H,51,62)(H,52,61)(H,53,65)(H,54,64)/t22-,23+,29-,30-,31+,33-,37-,38-/m0/s1. The number of hydroxylamine groups is 1. The first-order valence-corrected chi connectivity index (χ1v) is 21.8. The Bertz CT molecular complexity index is 2400. The van der Waals surface area contributed by atoms with Gasteiger partial charge in [-0.25, -0.2) is 9.87 Å². The van der Waals surface area contributed by atoms with Gasteiger partial charge in [-0.3, -0.25) is 48.0 Å². The van der Waals surface area contributed by atoms with Crippen LogP contribution in [-0.2, 0) is 79.2 Å². The molecule has 8 atom stereocenters. The van der Waals surface area contributed by atoms with Gasteiger partial charge in [0, 0.05) is 69.5 Å². The number of nitrogens with one attached hydrogen (secondary N) is 7. The van der Waals surface area contributed by atoms with Crippen molar-refractivity contribution in [2.75, 3.05) is 26.8 Å². The van der Waals surface area contributed by atoms with Gasteiger partial charge in [-0.2, -0.15) is 0 Å². The highest BCUT2D eigenvalue weighted by Gasteiger charge is 2.46. The molecular formula is C44H58FN11O12. The maximum Gasteiger partial charge on any atom is 0.268 e. The van der Waals surface area contributed by atoms with Crippen molar-refractivity contribution >= 4 is 64.1 Å². The van der Waals surface area contributed by atoms with Crippen LogP contribution in [0.4, 0.5) is 4.39 Å². The summed E-state index contributed by atoms with van der Waals surface area (Å²) in [5.41, 5.74) is 15.2. The van der Waals surface area contributed by atoms with Gasteiger partial charge in [-0.15, -0.1) is 0 Å². The van der Waals surface area contributed by atoms with Crippen LogP contribution in [0.1, 0.15) is 49.8 Å². The Morgan fingerprint density at radius 2 is 1.72 bits per heavy atom. The molecule has 5 rings (SSSR count). The number of primary amides is 1. The molecule has 368 valence electrons. The molecule has 12 N–H and O–H groups in total. The zero-order chi connectivity index (χ0) is 49.8. The third-order valence-electron chi connectivity index (χ3n) is 11.5. The van der Waals surface area contributed by atoms with Gasteiger partial charge < -0.3 is 62.7 Å². The highest BCUT2D eigenvalue weighted by molar-refractivity contribution is 5.98. The number of aryl methyl sites for hydroxylation is 1. The zero-order valence-corrected chi connectivity index (χ0v) is 38.0. The van der Waals surface area contributed by atoms with Gasteiger partial charge in [0.05, 0.1) is 19.3 Å². The number of rotatable bonds is 16. The van der Waals surface area contributed by atoms with Gasteiger partial charge in [-0.1, -0.05) is 24.3 Å². The fourth-order valence-electron chi connectivity index (χ4n) is 7.97. The molecule has 2 aromatic carbocycles. The van der Waals surface area contributed by atoms with E-state index in [4.69, 9.17) is 16.2 Å². The summed E-state index contributed by atoms with van der Waals surface area (Å²) in [5.74, 6) is -7.89. The van der Waals surface area contributed by atoms with Crippen molar-refractivity contribution in [3.63, 3.8) is 0 Å². The molecule has 68 heavy (non-hydrogen) atoms. The molecule has 0 aliphatic carbocycles. The van der Waals surface area contributed by atoms with Crippen molar-refractivity contribution in [3.05, 3.63) is 71.2 Å². The molecule has 1 aromatic heterocycles. The van der Waals surface area contributed by atoms with E-state index in [0.717, 1.165) is 12.0 Å². The van der Waals surface area contributed by atoms with Crippen molar-refractivity contribution in [3.8, 4) is 0 Å². The molecule has 4 bridgehead atoms. The Labute approximate surface area is 389 Å². The lowest BCUT2D eigenvalue weighted by atomic mass is 10.00. The molecule has 1 saturated heterocycles. The first-order chi connectivity index (χ1) is 32.3. The number of benzene rings is 2. The third kappa shape index (κ3) is 13.5. The molecular weight excluding hydrogens is 894 g/mol. The smallest absolute Gasteiger partial charge is 0.268 e. The van der Waals surface area contributed by atoms with Gasteiger partial charge in [0.15, 0.2) is 0 Å². The summed E-state index contributed by atoms with van der Waals surface area (Å²) in [7, 11) is 2.85. The quantitative estimate of drug-likeness (QED) is 0.0623. The van der Waals surface area contributed by atoms with Crippen LogP contribution in [0.3, 0.4) is 0 Å². The van der Waals surface area contributed by atoms with E-state index < -0.39 is 121 Å². The van der Waals surface area contributed by atoms with Crippen molar-refractivity contribution in [1.29, 1.82) is 0 Å². The van der Waals surface area contributed by atoms with E-state index in [0.29, 0.717) is 27.6 Å². The Morgan fingerprint density at radius 3 is 2.41 bits per heavy atom. The van der Waals surface area contributed by atoms with Crippen LogP contribution >= 0.6 is 0 Å². The van der Waals surface area contributed by atoms with E-state index in [9.17, 15) is 47.9 Å². The molecule has 3 aromatic rings. The topological polar surface area (TPSA) is 337 Å². The van der Waals surface area contributed by atoms with Crippen LogP contribution in [-0.4, -0.2) is 143 Å². The minimum atomic E-state index is -1.58. The lowest BCUT2D eigenvalue weighted by Crippen LogP contribution is -2.62. The minimum Gasteiger partial charge on any atom is -0.391 e. The summed E-state index contributed by atoms with van der Waals surface area (Å²) in [6, 6.07) is 1.99. The highest BCUT2D eigenvalue weighted by Crippen LogP contribution is 2.27. The van der Waals surface area contributed by atoms with Crippen molar-refractivity contribution < 1.29 is 62.2 Å². The first-order valence-electron chi connectivity index (χ1n) is 21.8. The fourth-order valence-corrected chi connectivity index (χ4v) is 7.97. The van der Waals surface area contributed by atoms with E-state index in [1.807, 2.05) is 0 Å². The lowest BCUT2D eigenvalue weighted by molar-refractivity contribution is -0.147. The second kappa shape index (κ2) is 23.6. The number of halogens is 1. The maximum absolute atomic E-state index is 15.1. The number of carbonyl (C=O) groups excluding carboxylic acids is 9. The Kier molecular flexibility index (Phi) is 18.0. The average molecular weight is 952 g/mol. The number of nitrogens with two attached hydrogens (primary N) is 2. The summed E-state index contributed by atoms with van der Waals surface area (Å²) in [6.45, 7) is 1.41. The van der Waals surface area contributed by atoms with E-state index in [2.05, 4.69) is 42.2 Å². The van der Waals surface area contributed by atoms with E-state index in [-0.39, 0.29) is 45.2 Å². The molecule has 24 heteroatoms. The van der Waals surface area contributed by atoms with Crippen LogP contribution in [0.5, 0.6) is 0 Å². The molecule has 0 saturated carbocycles. The van der Waals surface area contributed by atoms with Crippen LogP contribution in [0.15, 0.2) is 48.7 Å². The molecule has 3 heterocycles. The maximum atomic E-state index is 15.1. The number of aliphatic hydroxyl groups excluding tert-OH is 1. The van der Waals surface area contributed by atoms with Crippen molar-refractivity contribution in [1.82, 2.24) is 46.8 Å². The average Bonchev–Trinajstić information content (AvgIpc) is 3.86. The fraction of sp³-hybridized carbons (Fsp3) is 0.477. The predicted octanol–water partition coefficient (Wildman–Crippen LogP) is -3.56. The van der Waals surface area contributed by atoms with E-state index in [1.165, 1.54) is 26.0 Å². The number of fused-ring (bicyclic) bond motifs is 5. The van der Waals surface area contributed by atoms with Gasteiger partial charge in [0.1, 0.15) is 48.7 Å². The summed E-state index contributed by atoms with van der Waals surface area (Å²) in [5, 5.41) is 26.3. The molecule has 1 fully saturated rings. The molecule has 9 amide bonds. The first kappa shape index (κ1) is 52.0. The van der Waals surface area contributed by atoms with Crippen LogP contribution < -0.4 is 48.8 Å². The van der Waals surface area contributed by atoms with Crippen molar-refractivity contribution in [2.45, 2.75) is 101 Å². The van der Waals surface area contributed by atoms with Gasteiger partial charge in [0.2, 0.25) is 47.3 Å². The summed E-state index contributed by atoms with van der Waals surface area (Å²) in [6.07, 6.45) is -1.98. The largest absolute Gasteiger partial charge is 0.391 e. The number of nitrogens with zero attached hydrogens (tertiary/aromatic N) is 2. The number of aromatic nitrogens is 1. The third-order valence-corrected chi connectivity index (χ3v) is 11.5. The normalized spacial score (nSPS) is 20.7. The second-order valence-electron chi connectivity index (χ2n) is 16.6. The summed E-state index contributed by atoms with van der Waals surface area (Å²) in [4.78, 5) is 126. The molecule has 0 spiro atoms. The number of carbonyl (C=O) groups is 9. The van der Waals surface area contributed by atoms with Gasteiger partial charge >= 0.3 is 0 Å². The number of aliphatic hydroxyl groups is 1.